The molecule has 0 aliphatic carbocycles. The molecule has 6 nitrogen and oxygen atoms in total. The summed E-state index contributed by atoms with van der Waals surface area (Å²) in [5.41, 5.74) is 13.2. The molecule has 0 aromatic heterocycles. The lowest BCUT2D eigenvalue weighted by Gasteiger charge is -2.13. The molecule has 1 amide bonds. The first-order valence-corrected chi connectivity index (χ1v) is 6.00. The maximum atomic E-state index is 11.4. The smallest absolute Gasteiger partial charge is 0.250 e. The van der Waals surface area contributed by atoms with Gasteiger partial charge in [0, 0.05) is 11.8 Å². The van der Waals surface area contributed by atoms with Crippen molar-refractivity contribution in [1.82, 2.24) is 0 Å². The second kappa shape index (κ2) is 4.65. The quantitative estimate of drug-likeness (QED) is 0.740. The van der Waals surface area contributed by atoms with Gasteiger partial charge in [-0.15, -0.1) is 0 Å². The summed E-state index contributed by atoms with van der Waals surface area (Å²) in [4.78, 5) is 11.4. The van der Waals surface area contributed by atoms with E-state index >= 15 is 0 Å². The molecule has 102 valence electrons. The molecule has 3 rings (SSSR count). The highest BCUT2D eigenvalue weighted by Crippen LogP contribution is 2.36. The van der Waals surface area contributed by atoms with Crippen LogP contribution in [0.4, 0.5) is 17.1 Å². The average Bonchev–Trinajstić information content (AvgIpc) is 2.88. The Morgan fingerprint density at radius 2 is 1.95 bits per heavy atom. The van der Waals surface area contributed by atoms with Crippen molar-refractivity contribution in [2.75, 3.05) is 17.8 Å². The van der Waals surface area contributed by atoms with Crippen LogP contribution in [0.1, 0.15) is 10.4 Å². The number of anilines is 3. The lowest BCUT2D eigenvalue weighted by Crippen LogP contribution is -2.14. The molecule has 0 saturated heterocycles. The van der Waals surface area contributed by atoms with Crippen molar-refractivity contribution < 1.29 is 14.3 Å². The molecule has 1 aliphatic heterocycles. The summed E-state index contributed by atoms with van der Waals surface area (Å²) in [6.07, 6.45) is 0. The van der Waals surface area contributed by atoms with Crippen molar-refractivity contribution in [1.29, 1.82) is 0 Å². The molecule has 20 heavy (non-hydrogen) atoms. The minimum Gasteiger partial charge on any atom is -0.454 e. The first-order valence-electron chi connectivity index (χ1n) is 6.00. The van der Waals surface area contributed by atoms with Gasteiger partial charge in [-0.2, -0.15) is 0 Å². The van der Waals surface area contributed by atoms with E-state index in [0.29, 0.717) is 28.4 Å². The van der Waals surface area contributed by atoms with E-state index in [9.17, 15) is 4.79 Å². The molecule has 0 unspecified atom stereocenters. The first-order chi connectivity index (χ1) is 9.65. The Bertz CT molecular complexity index is 685. The number of nitrogens with two attached hydrogens (primary N) is 2. The van der Waals surface area contributed by atoms with Gasteiger partial charge in [0.2, 0.25) is 6.79 Å². The SMILES string of the molecule is NC(=O)c1cccc(N)c1Nc1ccc2c(c1)OCO2. The van der Waals surface area contributed by atoms with Crippen LogP contribution < -0.4 is 26.3 Å². The Labute approximate surface area is 115 Å². The van der Waals surface area contributed by atoms with Crippen molar-refractivity contribution in [2.45, 2.75) is 0 Å². The van der Waals surface area contributed by atoms with Crippen molar-refractivity contribution in [3.8, 4) is 11.5 Å². The van der Waals surface area contributed by atoms with E-state index in [4.69, 9.17) is 20.9 Å². The summed E-state index contributed by atoms with van der Waals surface area (Å²) < 4.78 is 10.5. The minimum atomic E-state index is -0.541. The van der Waals surface area contributed by atoms with E-state index in [0.717, 1.165) is 5.69 Å². The van der Waals surface area contributed by atoms with E-state index in [1.807, 2.05) is 6.07 Å². The predicted molar refractivity (Wildman–Crippen MR) is 75.2 cm³/mol. The van der Waals surface area contributed by atoms with Gasteiger partial charge in [-0.25, -0.2) is 0 Å². The normalized spacial score (nSPS) is 12.2. The van der Waals surface area contributed by atoms with Crippen LogP contribution in [0.5, 0.6) is 11.5 Å². The Kier molecular flexibility index (Phi) is 2.83. The number of fused-ring (bicyclic) bond motifs is 1. The van der Waals surface area contributed by atoms with Crippen LogP contribution in [0.3, 0.4) is 0 Å². The summed E-state index contributed by atoms with van der Waals surface area (Å²) in [7, 11) is 0. The Morgan fingerprint density at radius 3 is 2.75 bits per heavy atom. The number of hydrogen-bond acceptors (Lipinski definition) is 5. The highest BCUT2D eigenvalue weighted by atomic mass is 16.7. The number of carbonyl (C=O) groups excluding carboxylic acids is 1. The van der Waals surface area contributed by atoms with Gasteiger partial charge in [0.1, 0.15) is 0 Å². The van der Waals surface area contributed by atoms with Crippen molar-refractivity contribution >= 4 is 23.0 Å². The van der Waals surface area contributed by atoms with Crippen LogP contribution in [-0.4, -0.2) is 12.7 Å². The van der Waals surface area contributed by atoms with Gasteiger partial charge >= 0.3 is 0 Å². The van der Waals surface area contributed by atoms with Gasteiger partial charge in [0.05, 0.1) is 16.9 Å². The maximum absolute atomic E-state index is 11.4. The lowest BCUT2D eigenvalue weighted by molar-refractivity contribution is 0.100. The molecule has 2 aromatic rings. The van der Waals surface area contributed by atoms with Crippen LogP contribution >= 0.6 is 0 Å². The number of nitrogen functional groups attached to an aromatic ring is 1. The summed E-state index contributed by atoms with van der Waals surface area (Å²) in [6.45, 7) is 0.207. The Balaban J connectivity index is 1.97. The average molecular weight is 271 g/mol. The number of benzene rings is 2. The first kappa shape index (κ1) is 12.2. The maximum Gasteiger partial charge on any atom is 0.250 e. The highest BCUT2D eigenvalue weighted by molar-refractivity contribution is 6.02. The zero-order valence-electron chi connectivity index (χ0n) is 10.6. The number of primary amides is 1. The Morgan fingerprint density at radius 1 is 1.15 bits per heavy atom. The number of hydrogen-bond donors (Lipinski definition) is 3. The van der Waals surface area contributed by atoms with Gasteiger partial charge in [0.15, 0.2) is 11.5 Å². The van der Waals surface area contributed by atoms with Gasteiger partial charge in [-0.05, 0) is 24.3 Å². The molecule has 6 heteroatoms. The number of amides is 1. The fraction of sp³-hybridized carbons (Fsp3) is 0.0714. The molecule has 0 saturated carbocycles. The van der Waals surface area contributed by atoms with Gasteiger partial charge < -0.3 is 26.3 Å². The second-order valence-corrected chi connectivity index (χ2v) is 4.33. The van der Waals surface area contributed by atoms with Gasteiger partial charge in [0.25, 0.3) is 5.91 Å². The second-order valence-electron chi connectivity index (χ2n) is 4.33. The summed E-state index contributed by atoms with van der Waals surface area (Å²) in [6, 6.07) is 10.4. The molecular formula is C14H13N3O3. The number of nitrogens with one attached hydrogen (secondary N) is 1. The molecule has 0 spiro atoms. The Hall–Kier alpha value is -2.89. The third kappa shape index (κ3) is 2.07. The third-order valence-electron chi connectivity index (χ3n) is 3.00. The number of ether oxygens (including phenoxy) is 2. The van der Waals surface area contributed by atoms with Crippen LogP contribution in [0.15, 0.2) is 36.4 Å². The lowest BCUT2D eigenvalue weighted by atomic mass is 10.1. The predicted octanol–water partition coefficient (Wildman–Crippen LogP) is 1.84. The van der Waals surface area contributed by atoms with Gasteiger partial charge in [-0.3, -0.25) is 4.79 Å². The number of rotatable bonds is 3. The largest absolute Gasteiger partial charge is 0.454 e. The molecule has 5 N–H and O–H groups in total. The highest BCUT2D eigenvalue weighted by Gasteiger charge is 2.15. The summed E-state index contributed by atoms with van der Waals surface area (Å²) in [5, 5.41) is 3.09. The molecule has 0 atom stereocenters. The molecule has 0 fully saturated rings. The number of carbonyl (C=O) groups is 1. The standard InChI is InChI=1S/C14H13N3O3/c15-10-3-1-2-9(14(16)18)13(10)17-8-4-5-11-12(6-8)20-7-19-11/h1-6,17H,7,15H2,(H2,16,18). The fourth-order valence-corrected chi connectivity index (χ4v) is 2.03. The molecule has 0 radical (unpaired) electrons. The van der Waals surface area contributed by atoms with Gasteiger partial charge in [-0.1, -0.05) is 6.07 Å². The molecular weight excluding hydrogens is 258 g/mol. The van der Waals surface area contributed by atoms with Crippen LogP contribution in [0, 0.1) is 0 Å². The monoisotopic (exact) mass is 271 g/mol. The minimum absolute atomic E-state index is 0.207. The van der Waals surface area contributed by atoms with Crippen LogP contribution in [0.2, 0.25) is 0 Å². The van der Waals surface area contributed by atoms with E-state index in [1.54, 1.807) is 30.3 Å². The zero-order chi connectivity index (χ0) is 14.1. The topological polar surface area (TPSA) is 99.6 Å². The third-order valence-corrected chi connectivity index (χ3v) is 3.00. The molecule has 0 bridgehead atoms. The zero-order valence-corrected chi connectivity index (χ0v) is 10.6. The number of para-hydroxylation sites is 1. The summed E-state index contributed by atoms with van der Waals surface area (Å²) in [5.74, 6) is 0.789. The molecule has 1 heterocycles. The molecule has 1 aliphatic rings. The van der Waals surface area contributed by atoms with Crippen molar-refractivity contribution in [3.05, 3.63) is 42.0 Å². The summed E-state index contributed by atoms with van der Waals surface area (Å²) >= 11 is 0. The van der Waals surface area contributed by atoms with E-state index in [-0.39, 0.29) is 6.79 Å². The van der Waals surface area contributed by atoms with Crippen LogP contribution in [0.25, 0.3) is 0 Å². The van der Waals surface area contributed by atoms with E-state index in [2.05, 4.69) is 5.32 Å². The van der Waals surface area contributed by atoms with Crippen molar-refractivity contribution in [2.24, 2.45) is 5.73 Å². The van der Waals surface area contributed by atoms with Crippen LogP contribution in [-0.2, 0) is 0 Å². The van der Waals surface area contributed by atoms with Crippen molar-refractivity contribution in [3.63, 3.8) is 0 Å². The fourth-order valence-electron chi connectivity index (χ4n) is 2.03. The van der Waals surface area contributed by atoms with E-state index < -0.39 is 5.91 Å². The van der Waals surface area contributed by atoms with E-state index in [1.165, 1.54) is 0 Å². The molecule has 2 aromatic carbocycles.